The molecule has 2 heterocycles. The second-order valence-electron chi connectivity index (χ2n) is 6.48. The zero-order valence-corrected chi connectivity index (χ0v) is 11.6. The standard InChI is InChI=1S/C15H21N3O/c1-15(2)4-3-5-18(9-15)13-8-12-10(6-11(13)16)7-14(19)17-12/h6,8H,3-5,7,9,16H2,1-2H3,(H,17,19). The predicted octanol–water partition coefficient (Wildman–Crippen LogP) is 2.39. The van der Waals surface area contributed by atoms with Crippen molar-refractivity contribution in [3.8, 4) is 0 Å². The predicted molar refractivity (Wildman–Crippen MR) is 78.4 cm³/mol. The van der Waals surface area contributed by atoms with Gasteiger partial charge in [-0.2, -0.15) is 0 Å². The summed E-state index contributed by atoms with van der Waals surface area (Å²) in [5, 5.41) is 2.90. The highest BCUT2D eigenvalue weighted by molar-refractivity contribution is 6.00. The summed E-state index contributed by atoms with van der Waals surface area (Å²) in [6.07, 6.45) is 2.90. The van der Waals surface area contributed by atoms with Gasteiger partial charge in [-0.25, -0.2) is 0 Å². The first-order valence-electron chi connectivity index (χ1n) is 6.92. The number of carbonyl (C=O) groups is 1. The summed E-state index contributed by atoms with van der Waals surface area (Å²) in [6.45, 7) is 6.65. The summed E-state index contributed by atoms with van der Waals surface area (Å²) in [5.41, 5.74) is 10.3. The molecule has 0 aliphatic carbocycles. The molecule has 4 nitrogen and oxygen atoms in total. The molecule has 0 atom stereocenters. The Morgan fingerprint density at radius 1 is 1.37 bits per heavy atom. The number of amides is 1. The van der Waals surface area contributed by atoms with Crippen molar-refractivity contribution in [3.05, 3.63) is 17.7 Å². The monoisotopic (exact) mass is 259 g/mol. The topological polar surface area (TPSA) is 58.4 Å². The molecule has 0 spiro atoms. The zero-order valence-electron chi connectivity index (χ0n) is 11.6. The number of piperidine rings is 1. The number of nitrogen functional groups attached to an aromatic ring is 1. The quantitative estimate of drug-likeness (QED) is 0.761. The lowest BCUT2D eigenvalue weighted by Gasteiger charge is -2.40. The molecule has 0 saturated carbocycles. The number of nitrogens with two attached hydrogens (primary N) is 1. The number of fused-ring (bicyclic) bond motifs is 1. The Kier molecular flexibility index (Phi) is 2.69. The van der Waals surface area contributed by atoms with Gasteiger partial charge in [0.05, 0.1) is 17.8 Å². The molecule has 1 saturated heterocycles. The summed E-state index contributed by atoms with van der Waals surface area (Å²) in [4.78, 5) is 13.8. The first kappa shape index (κ1) is 12.3. The van der Waals surface area contributed by atoms with E-state index in [9.17, 15) is 4.79 Å². The Bertz CT molecular complexity index is 536. The third-order valence-corrected chi connectivity index (χ3v) is 4.12. The van der Waals surface area contributed by atoms with E-state index in [1.807, 2.05) is 12.1 Å². The highest BCUT2D eigenvalue weighted by Crippen LogP contribution is 2.38. The van der Waals surface area contributed by atoms with E-state index in [1.165, 1.54) is 12.8 Å². The minimum Gasteiger partial charge on any atom is -0.397 e. The minimum absolute atomic E-state index is 0.0607. The van der Waals surface area contributed by atoms with E-state index in [2.05, 4.69) is 24.1 Å². The Morgan fingerprint density at radius 3 is 2.89 bits per heavy atom. The van der Waals surface area contributed by atoms with Gasteiger partial charge in [-0.15, -0.1) is 0 Å². The van der Waals surface area contributed by atoms with E-state index in [0.717, 1.165) is 35.7 Å². The van der Waals surface area contributed by atoms with Crippen LogP contribution in [0.25, 0.3) is 0 Å². The number of anilines is 3. The Morgan fingerprint density at radius 2 is 2.16 bits per heavy atom. The largest absolute Gasteiger partial charge is 0.397 e. The molecule has 1 fully saturated rings. The number of hydrogen-bond donors (Lipinski definition) is 2. The van der Waals surface area contributed by atoms with E-state index in [0.29, 0.717) is 11.8 Å². The summed E-state index contributed by atoms with van der Waals surface area (Å²) >= 11 is 0. The van der Waals surface area contributed by atoms with Gasteiger partial charge in [0, 0.05) is 18.8 Å². The van der Waals surface area contributed by atoms with Crippen molar-refractivity contribution in [2.75, 3.05) is 29.0 Å². The maximum Gasteiger partial charge on any atom is 0.228 e. The van der Waals surface area contributed by atoms with Crippen LogP contribution >= 0.6 is 0 Å². The Hall–Kier alpha value is -1.71. The lowest BCUT2D eigenvalue weighted by molar-refractivity contribution is -0.115. The lowest BCUT2D eigenvalue weighted by atomic mass is 9.84. The molecule has 1 amide bonds. The minimum atomic E-state index is 0.0607. The summed E-state index contributed by atoms with van der Waals surface area (Å²) in [6, 6.07) is 3.99. The van der Waals surface area contributed by atoms with Crippen molar-refractivity contribution < 1.29 is 4.79 Å². The van der Waals surface area contributed by atoms with Crippen molar-refractivity contribution in [2.24, 2.45) is 5.41 Å². The molecule has 1 aromatic carbocycles. The van der Waals surface area contributed by atoms with Crippen LogP contribution in [-0.4, -0.2) is 19.0 Å². The first-order valence-corrected chi connectivity index (χ1v) is 6.92. The third kappa shape index (κ3) is 2.27. The molecular formula is C15H21N3O. The van der Waals surface area contributed by atoms with Gasteiger partial charge in [0.25, 0.3) is 0 Å². The van der Waals surface area contributed by atoms with Crippen molar-refractivity contribution in [2.45, 2.75) is 33.1 Å². The van der Waals surface area contributed by atoms with Gasteiger partial charge in [-0.1, -0.05) is 13.8 Å². The fraction of sp³-hybridized carbons (Fsp3) is 0.533. The fourth-order valence-corrected chi connectivity index (χ4v) is 3.18. The maximum absolute atomic E-state index is 11.4. The molecule has 19 heavy (non-hydrogen) atoms. The molecule has 0 bridgehead atoms. The second kappa shape index (κ2) is 4.15. The number of nitrogens with zero attached hydrogens (tertiary/aromatic N) is 1. The molecule has 1 aromatic rings. The van der Waals surface area contributed by atoms with E-state index < -0.39 is 0 Å². The molecule has 3 N–H and O–H groups in total. The van der Waals surface area contributed by atoms with E-state index >= 15 is 0 Å². The maximum atomic E-state index is 11.4. The molecule has 4 heteroatoms. The van der Waals surface area contributed by atoms with Gasteiger partial charge in [0.2, 0.25) is 5.91 Å². The third-order valence-electron chi connectivity index (χ3n) is 4.12. The molecule has 0 aromatic heterocycles. The summed E-state index contributed by atoms with van der Waals surface area (Å²) in [7, 11) is 0. The van der Waals surface area contributed by atoms with Gasteiger partial charge in [0.1, 0.15) is 0 Å². The summed E-state index contributed by atoms with van der Waals surface area (Å²) < 4.78 is 0. The van der Waals surface area contributed by atoms with Crippen LogP contribution in [0.5, 0.6) is 0 Å². The van der Waals surface area contributed by atoms with Crippen molar-refractivity contribution in [1.29, 1.82) is 0 Å². The smallest absolute Gasteiger partial charge is 0.228 e. The van der Waals surface area contributed by atoms with Crippen LogP contribution in [0.15, 0.2) is 12.1 Å². The molecule has 2 aliphatic heterocycles. The van der Waals surface area contributed by atoms with Crippen LogP contribution in [0.2, 0.25) is 0 Å². The molecular weight excluding hydrogens is 238 g/mol. The highest BCUT2D eigenvalue weighted by Gasteiger charge is 2.28. The average Bonchev–Trinajstić information content (AvgIpc) is 2.65. The number of nitrogens with one attached hydrogen (secondary N) is 1. The van der Waals surface area contributed by atoms with Gasteiger partial charge < -0.3 is 16.0 Å². The average molecular weight is 259 g/mol. The van der Waals surface area contributed by atoms with E-state index in [4.69, 9.17) is 5.73 Å². The van der Waals surface area contributed by atoms with Crippen molar-refractivity contribution >= 4 is 23.0 Å². The zero-order chi connectivity index (χ0) is 13.6. The van der Waals surface area contributed by atoms with Gasteiger partial charge in [0.15, 0.2) is 0 Å². The van der Waals surface area contributed by atoms with E-state index in [-0.39, 0.29) is 5.91 Å². The van der Waals surface area contributed by atoms with Gasteiger partial charge >= 0.3 is 0 Å². The van der Waals surface area contributed by atoms with Crippen molar-refractivity contribution in [3.63, 3.8) is 0 Å². The molecule has 3 rings (SSSR count). The van der Waals surface area contributed by atoms with Gasteiger partial charge in [-0.05, 0) is 36.0 Å². The molecule has 2 aliphatic rings. The van der Waals surface area contributed by atoms with Crippen LogP contribution in [0, 0.1) is 5.41 Å². The van der Waals surface area contributed by atoms with Crippen LogP contribution in [0.4, 0.5) is 17.1 Å². The van der Waals surface area contributed by atoms with Crippen LogP contribution in [0.3, 0.4) is 0 Å². The SMILES string of the molecule is CC1(C)CCCN(c2cc3c(cc2N)CC(=O)N3)C1. The van der Waals surface area contributed by atoms with Crippen LogP contribution < -0.4 is 16.0 Å². The number of hydrogen-bond acceptors (Lipinski definition) is 3. The van der Waals surface area contributed by atoms with Crippen LogP contribution in [-0.2, 0) is 11.2 Å². The normalized spacial score (nSPS) is 21.2. The summed E-state index contributed by atoms with van der Waals surface area (Å²) in [5.74, 6) is 0.0607. The highest BCUT2D eigenvalue weighted by atomic mass is 16.1. The number of benzene rings is 1. The first-order chi connectivity index (χ1) is 8.94. The van der Waals surface area contributed by atoms with Crippen molar-refractivity contribution in [1.82, 2.24) is 0 Å². The molecule has 0 radical (unpaired) electrons. The second-order valence-corrected chi connectivity index (χ2v) is 6.48. The number of carbonyl (C=O) groups excluding carboxylic acids is 1. The molecule has 0 unspecified atom stereocenters. The number of rotatable bonds is 1. The Balaban J connectivity index is 1.93. The van der Waals surface area contributed by atoms with Crippen LogP contribution in [0.1, 0.15) is 32.3 Å². The Labute approximate surface area is 114 Å². The van der Waals surface area contributed by atoms with E-state index in [1.54, 1.807) is 0 Å². The lowest BCUT2D eigenvalue weighted by Crippen LogP contribution is -2.40. The fourth-order valence-electron chi connectivity index (χ4n) is 3.18. The van der Waals surface area contributed by atoms with Gasteiger partial charge in [-0.3, -0.25) is 4.79 Å². The molecule has 102 valence electrons.